The number of thiazole rings is 1. The number of likely N-dealkylation sites (tertiary alicyclic amines) is 1. The highest BCUT2D eigenvalue weighted by atomic mass is 32.1. The van der Waals surface area contributed by atoms with E-state index in [1.165, 1.54) is 0 Å². The summed E-state index contributed by atoms with van der Waals surface area (Å²) in [4.78, 5) is 46.3. The number of piperidine rings is 1. The summed E-state index contributed by atoms with van der Waals surface area (Å²) in [7, 11) is 0. The Hall–Kier alpha value is -3.26. The molecule has 8 heteroatoms. The van der Waals surface area contributed by atoms with Crippen molar-refractivity contribution in [3.05, 3.63) is 65.2 Å². The number of urea groups is 1. The van der Waals surface area contributed by atoms with Crippen LogP contribution >= 0.6 is 11.3 Å². The van der Waals surface area contributed by atoms with Crippen molar-refractivity contribution in [2.24, 2.45) is 0 Å². The number of hydrogen-bond donors (Lipinski definition) is 1. The molecule has 1 N–H and O–H groups in total. The van der Waals surface area contributed by atoms with Gasteiger partial charge < -0.3 is 10.2 Å². The molecule has 32 heavy (non-hydrogen) atoms. The predicted octanol–water partition coefficient (Wildman–Crippen LogP) is 3.47. The molecule has 0 aliphatic carbocycles. The van der Waals surface area contributed by atoms with Gasteiger partial charge in [0.2, 0.25) is 5.91 Å². The molecular weight excluding hydrogens is 424 g/mol. The van der Waals surface area contributed by atoms with Crippen molar-refractivity contribution in [1.82, 2.24) is 20.1 Å². The van der Waals surface area contributed by atoms with Crippen molar-refractivity contribution in [1.29, 1.82) is 0 Å². The number of imide groups is 1. The van der Waals surface area contributed by atoms with Gasteiger partial charge in [0.1, 0.15) is 12.1 Å². The van der Waals surface area contributed by atoms with Crippen LogP contribution in [0.2, 0.25) is 0 Å². The summed E-state index contributed by atoms with van der Waals surface area (Å²) in [5, 5.41) is 3.80. The van der Waals surface area contributed by atoms with E-state index in [0.717, 1.165) is 33.0 Å². The second kappa shape index (κ2) is 8.02. The monoisotopic (exact) mass is 448 g/mol. The number of rotatable bonds is 4. The topological polar surface area (TPSA) is 82.6 Å². The second-order valence-electron chi connectivity index (χ2n) is 8.51. The van der Waals surface area contributed by atoms with Crippen LogP contribution in [0.4, 0.5) is 4.79 Å². The molecule has 2 fully saturated rings. The van der Waals surface area contributed by atoms with Crippen LogP contribution in [0.15, 0.2) is 54.6 Å². The van der Waals surface area contributed by atoms with E-state index in [1.807, 2.05) is 36.4 Å². The Kier molecular flexibility index (Phi) is 5.17. The van der Waals surface area contributed by atoms with Gasteiger partial charge in [0.15, 0.2) is 0 Å². The van der Waals surface area contributed by atoms with E-state index in [9.17, 15) is 14.4 Å². The normalized spacial score (nSPS) is 23.6. The maximum absolute atomic E-state index is 13.1. The zero-order valence-electron chi connectivity index (χ0n) is 17.8. The molecule has 164 valence electrons. The van der Waals surface area contributed by atoms with Gasteiger partial charge in [0.05, 0.1) is 15.2 Å². The average Bonchev–Trinajstić information content (AvgIpc) is 3.35. The maximum atomic E-state index is 13.1. The molecule has 3 aromatic rings. The average molecular weight is 449 g/mol. The number of para-hydroxylation sites is 1. The van der Waals surface area contributed by atoms with E-state index in [2.05, 4.69) is 11.4 Å². The minimum absolute atomic E-state index is 0.169. The molecule has 2 aliphatic rings. The van der Waals surface area contributed by atoms with Crippen molar-refractivity contribution in [2.75, 3.05) is 19.6 Å². The number of nitrogens with one attached hydrogen (secondary N) is 1. The van der Waals surface area contributed by atoms with Gasteiger partial charge in [-0.2, -0.15) is 0 Å². The number of hydrogen-bond acceptors (Lipinski definition) is 5. The Morgan fingerprint density at radius 1 is 1.16 bits per heavy atom. The molecule has 4 amide bonds. The van der Waals surface area contributed by atoms with Crippen LogP contribution in [0.3, 0.4) is 0 Å². The van der Waals surface area contributed by atoms with E-state index < -0.39 is 17.5 Å². The fraction of sp³-hybridized carbons (Fsp3) is 0.333. The standard InChI is InChI=1S/C24H24N4O3S/c1-24(17-9-3-2-4-10-17)22(30)28(23(31)26-24)15-20(29)27-13-7-8-16(14-27)21-25-18-11-5-6-12-19(18)32-21/h2-6,9-12,16H,7-8,13-15H2,1H3,(H,26,31). The van der Waals surface area contributed by atoms with Gasteiger partial charge in [-0.05, 0) is 37.5 Å². The van der Waals surface area contributed by atoms with E-state index in [4.69, 9.17) is 4.98 Å². The second-order valence-corrected chi connectivity index (χ2v) is 9.57. The van der Waals surface area contributed by atoms with Crippen molar-refractivity contribution >= 4 is 39.4 Å². The Labute approximate surface area is 190 Å². The molecule has 0 spiro atoms. The van der Waals surface area contributed by atoms with Gasteiger partial charge in [-0.3, -0.25) is 14.5 Å². The van der Waals surface area contributed by atoms with Crippen molar-refractivity contribution in [2.45, 2.75) is 31.2 Å². The minimum Gasteiger partial charge on any atom is -0.340 e. The van der Waals surface area contributed by atoms with Crippen LogP contribution in [0, 0.1) is 0 Å². The number of fused-ring (bicyclic) bond motifs is 1. The summed E-state index contributed by atoms with van der Waals surface area (Å²) in [6.07, 6.45) is 1.84. The Morgan fingerprint density at radius 3 is 2.69 bits per heavy atom. The Bertz CT molecular complexity index is 1160. The first-order valence-electron chi connectivity index (χ1n) is 10.8. The lowest BCUT2D eigenvalue weighted by Gasteiger charge is -2.32. The SMILES string of the molecule is CC1(c2ccccc2)NC(=O)N(CC(=O)N2CCCC(c3nc4ccccc4s3)C2)C1=O. The van der Waals surface area contributed by atoms with Crippen molar-refractivity contribution < 1.29 is 14.4 Å². The van der Waals surface area contributed by atoms with E-state index in [0.29, 0.717) is 18.7 Å². The smallest absolute Gasteiger partial charge is 0.325 e. The van der Waals surface area contributed by atoms with Gasteiger partial charge in [-0.25, -0.2) is 9.78 Å². The number of carbonyl (C=O) groups is 3. The fourth-order valence-corrected chi connectivity index (χ4v) is 5.61. The molecule has 1 aromatic heterocycles. The van der Waals surface area contributed by atoms with Crippen LogP contribution in [-0.4, -0.2) is 52.3 Å². The fourth-order valence-electron chi connectivity index (χ4n) is 4.51. The first-order chi connectivity index (χ1) is 15.5. The molecule has 0 radical (unpaired) electrons. The van der Waals surface area contributed by atoms with E-state index in [1.54, 1.807) is 35.3 Å². The third kappa shape index (κ3) is 3.54. The summed E-state index contributed by atoms with van der Waals surface area (Å²) < 4.78 is 1.14. The molecule has 7 nitrogen and oxygen atoms in total. The lowest BCUT2D eigenvalue weighted by Crippen LogP contribution is -2.47. The Balaban J connectivity index is 1.29. The summed E-state index contributed by atoms with van der Waals surface area (Å²) in [5.74, 6) is -0.443. The molecule has 3 heterocycles. The van der Waals surface area contributed by atoms with Crippen LogP contribution < -0.4 is 5.32 Å². The van der Waals surface area contributed by atoms with E-state index in [-0.39, 0.29) is 18.4 Å². The number of aromatic nitrogens is 1. The van der Waals surface area contributed by atoms with Gasteiger partial charge in [-0.15, -0.1) is 11.3 Å². The van der Waals surface area contributed by atoms with Crippen LogP contribution in [0.5, 0.6) is 0 Å². The van der Waals surface area contributed by atoms with Gasteiger partial charge in [-0.1, -0.05) is 42.5 Å². The molecule has 2 saturated heterocycles. The predicted molar refractivity (Wildman–Crippen MR) is 122 cm³/mol. The van der Waals surface area contributed by atoms with Gasteiger partial charge in [0.25, 0.3) is 5.91 Å². The van der Waals surface area contributed by atoms with Crippen molar-refractivity contribution in [3.63, 3.8) is 0 Å². The summed E-state index contributed by atoms with van der Waals surface area (Å²) in [6.45, 7) is 2.61. The zero-order valence-corrected chi connectivity index (χ0v) is 18.6. The summed E-state index contributed by atoms with van der Waals surface area (Å²) >= 11 is 1.67. The highest BCUT2D eigenvalue weighted by molar-refractivity contribution is 7.18. The first-order valence-corrected chi connectivity index (χ1v) is 11.6. The molecule has 2 aliphatic heterocycles. The summed E-state index contributed by atoms with van der Waals surface area (Å²) in [6, 6.07) is 16.6. The molecule has 0 bridgehead atoms. The highest BCUT2D eigenvalue weighted by Gasteiger charge is 2.49. The highest BCUT2D eigenvalue weighted by Crippen LogP contribution is 2.33. The molecule has 0 saturated carbocycles. The third-order valence-corrected chi connectivity index (χ3v) is 7.55. The zero-order chi connectivity index (χ0) is 22.3. The minimum atomic E-state index is -1.16. The number of carbonyl (C=O) groups excluding carboxylic acids is 3. The lowest BCUT2D eigenvalue weighted by molar-refractivity contribution is -0.139. The molecule has 2 atom stereocenters. The molecule has 2 aromatic carbocycles. The first kappa shape index (κ1) is 20.6. The number of benzene rings is 2. The quantitative estimate of drug-likeness (QED) is 0.620. The molecular formula is C24H24N4O3S. The van der Waals surface area contributed by atoms with Gasteiger partial charge in [0, 0.05) is 19.0 Å². The Morgan fingerprint density at radius 2 is 1.91 bits per heavy atom. The molecule has 2 unspecified atom stereocenters. The van der Waals surface area contributed by atoms with Crippen molar-refractivity contribution in [3.8, 4) is 0 Å². The number of amides is 4. The van der Waals surface area contributed by atoms with Crippen LogP contribution in [0.25, 0.3) is 10.2 Å². The van der Waals surface area contributed by atoms with E-state index >= 15 is 0 Å². The molecule has 5 rings (SSSR count). The van der Waals surface area contributed by atoms with Gasteiger partial charge >= 0.3 is 6.03 Å². The third-order valence-electron chi connectivity index (χ3n) is 6.35. The lowest BCUT2D eigenvalue weighted by atomic mass is 9.92. The summed E-state index contributed by atoms with van der Waals surface area (Å²) in [5.41, 5.74) is 0.516. The maximum Gasteiger partial charge on any atom is 0.325 e. The number of nitrogens with zero attached hydrogens (tertiary/aromatic N) is 3. The largest absolute Gasteiger partial charge is 0.340 e. The van der Waals surface area contributed by atoms with Crippen LogP contribution in [0.1, 0.15) is 36.3 Å². The van der Waals surface area contributed by atoms with Crippen LogP contribution in [-0.2, 0) is 15.1 Å².